The van der Waals surface area contributed by atoms with Crippen LogP contribution in [-0.2, 0) is 16.0 Å². The molecule has 1 saturated heterocycles. The topological polar surface area (TPSA) is 29.5 Å². The van der Waals surface area contributed by atoms with Gasteiger partial charge in [-0.15, -0.1) is 0 Å². The third-order valence-electron chi connectivity index (χ3n) is 3.80. The molecule has 0 atom stereocenters. The molecule has 5 heteroatoms. The van der Waals surface area contributed by atoms with Crippen LogP contribution in [0.3, 0.4) is 0 Å². The van der Waals surface area contributed by atoms with Gasteiger partial charge in [-0.3, -0.25) is 4.79 Å². The van der Waals surface area contributed by atoms with Crippen molar-refractivity contribution >= 4 is 29.1 Å². The van der Waals surface area contributed by atoms with Crippen molar-refractivity contribution in [1.82, 2.24) is 4.90 Å². The van der Waals surface area contributed by atoms with Gasteiger partial charge in [0.05, 0.1) is 16.5 Å². The van der Waals surface area contributed by atoms with Crippen LogP contribution in [0.15, 0.2) is 18.2 Å². The van der Waals surface area contributed by atoms with E-state index < -0.39 is 0 Å². The Bertz CT molecular complexity index is 499. The quantitative estimate of drug-likeness (QED) is 0.836. The highest BCUT2D eigenvalue weighted by molar-refractivity contribution is 6.42. The van der Waals surface area contributed by atoms with Crippen LogP contribution in [0.5, 0.6) is 0 Å². The Morgan fingerprint density at radius 3 is 2.62 bits per heavy atom. The van der Waals surface area contributed by atoms with Gasteiger partial charge in [-0.05, 0) is 38.3 Å². The molecule has 116 valence electrons. The number of nitrogens with zero attached hydrogens (tertiary/aromatic N) is 1. The fourth-order valence-electron chi connectivity index (χ4n) is 2.82. The number of hydrogen-bond donors (Lipinski definition) is 0. The lowest BCUT2D eigenvalue weighted by Crippen LogP contribution is -2.47. The molecule has 3 nitrogen and oxygen atoms in total. The minimum atomic E-state index is 0.0982. The van der Waals surface area contributed by atoms with Crippen molar-refractivity contribution in [2.45, 2.75) is 45.2 Å². The number of benzene rings is 1. The minimum absolute atomic E-state index is 0.0982. The highest BCUT2D eigenvalue weighted by atomic mass is 35.5. The Labute approximate surface area is 136 Å². The Balaban J connectivity index is 2.13. The van der Waals surface area contributed by atoms with Crippen LogP contribution in [0.2, 0.25) is 10.0 Å². The first-order chi connectivity index (χ1) is 10.0. The first kappa shape index (κ1) is 16.6. The molecule has 1 aromatic rings. The molecular weight excluding hydrogens is 309 g/mol. The van der Waals surface area contributed by atoms with Crippen LogP contribution >= 0.6 is 23.2 Å². The summed E-state index contributed by atoms with van der Waals surface area (Å²) in [6.45, 7) is 5.54. The molecule has 1 aliphatic rings. The van der Waals surface area contributed by atoms with Gasteiger partial charge in [0.1, 0.15) is 0 Å². The highest BCUT2D eigenvalue weighted by Crippen LogP contribution is 2.27. The highest BCUT2D eigenvalue weighted by Gasteiger charge is 2.28. The molecular formula is C16H21Cl2NO2. The molecule has 0 bridgehead atoms. The number of halogens is 2. The first-order valence-electron chi connectivity index (χ1n) is 7.32. The van der Waals surface area contributed by atoms with E-state index in [1.807, 2.05) is 30.9 Å². The van der Waals surface area contributed by atoms with E-state index in [-0.39, 0.29) is 24.4 Å². The molecule has 1 aliphatic heterocycles. The SMILES string of the molecule is CC(C)N(C(=O)Cc1cccc(Cl)c1Cl)C1CCOCC1. The second-order valence-corrected chi connectivity index (χ2v) is 6.41. The molecule has 21 heavy (non-hydrogen) atoms. The Kier molecular flexibility index (Phi) is 5.91. The summed E-state index contributed by atoms with van der Waals surface area (Å²) in [5, 5.41) is 0.965. The molecule has 0 spiro atoms. The summed E-state index contributed by atoms with van der Waals surface area (Å²) in [7, 11) is 0. The Morgan fingerprint density at radius 1 is 1.33 bits per heavy atom. The van der Waals surface area contributed by atoms with E-state index in [9.17, 15) is 4.79 Å². The molecule has 0 unspecified atom stereocenters. The van der Waals surface area contributed by atoms with Crippen LogP contribution in [-0.4, -0.2) is 36.1 Å². The summed E-state index contributed by atoms with van der Waals surface area (Å²) in [5.41, 5.74) is 0.784. The van der Waals surface area contributed by atoms with E-state index in [0.717, 1.165) is 31.6 Å². The molecule has 1 heterocycles. The second-order valence-electron chi connectivity index (χ2n) is 5.63. The van der Waals surface area contributed by atoms with Gasteiger partial charge < -0.3 is 9.64 Å². The van der Waals surface area contributed by atoms with Gasteiger partial charge in [-0.25, -0.2) is 0 Å². The maximum atomic E-state index is 12.7. The minimum Gasteiger partial charge on any atom is -0.381 e. The summed E-state index contributed by atoms with van der Waals surface area (Å²) >= 11 is 12.2. The lowest BCUT2D eigenvalue weighted by molar-refractivity contribution is -0.136. The summed E-state index contributed by atoms with van der Waals surface area (Å²) in [6, 6.07) is 5.83. The van der Waals surface area contributed by atoms with Gasteiger partial charge in [0.15, 0.2) is 0 Å². The molecule has 0 radical (unpaired) electrons. The van der Waals surface area contributed by atoms with Gasteiger partial charge in [-0.1, -0.05) is 35.3 Å². The molecule has 1 amide bonds. The number of rotatable bonds is 4. The number of carbonyl (C=O) groups excluding carboxylic acids is 1. The zero-order valence-corrected chi connectivity index (χ0v) is 14.0. The van der Waals surface area contributed by atoms with Crippen LogP contribution in [0.25, 0.3) is 0 Å². The lowest BCUT2D eigenvalue weighted by Gasteiger charge is -2.37. The standard InChI is InChI=1S/C16H21Cl2NO2/c1-11(2)19(13-6-8-21-9-7-13)15(20)10-12-4-3-5-14(17)16(12)18/h3-5,11,13H,6-10H2,1-2H3. The lowest BCUT2D eigenvalue weighted by atomic mass is 10.0. The van der Waals surface area contributed by atoms with Gasteiger partial charge in [0, 0.05) is 25.3 Å². The summed E-state index contributed by atoms with van der Waals surface area (Å²) in [4.78, 5) is 14.7. The van der Waals surface area contributed by atoms with Crippen LogP contribution in [0.4, 0.5) is 0 Å². The van der Waals surface area contributed by atoms with Crippen molar-refractivity contribution in [3.63, 3.8) is 0 Å². The van der Waals surface area contributed by atoms with Crippen LogP contribution in [0, 0.1) is 0 Å². The van der Waals surface area contributed by atoms with Crippen molar-refractivity contribution in [3.05, 3.63) is 33.8 Å². The molecule has 0 aromatic heterocycles. The maximum Gasteiger partial charge on any atom is 0.227 e. The fourth-order valence-corrected chi connectivity index (χ4v) is 3.20. The Hall–Kier alpha value is -0.770. The van der Waals surface area contributed by atoms with E-state index in [1.54, 1.807) is 6.07 Å². The molecule has 1 aromatic carbocycles. The third-order valence-corrected chi connectivity index (χ3v) is 4.66. The van der Waals surface area contributed by atoms with Crippen molar-refractivity contribution in [3.8, 4) is 0 Å². The van der Waals surface area contributed by atoms with Gasteiger partial charge >= 0.3 is 0 Å². The average Bonchev–Trinajstić information content (AvgIpc) is 2.45. The van der Waals surface area contributed by atoms with Crippen LogP contribution in [0.1, 0.15) is 32.3 Å². The van der Waals surface area contributed by atoms with Crippen molar-refractivity contribution < 1.29 is 9.53 Å². The Morgan fingerprint density at radius 2 is 2.00 bits per heavy atom. The van der Waals surface area contributed by atoms with Crippen molar-refractivity contribution in [1.29, 1.82) is 0 Å². The predicted molar refractivity (Wildman–Crippen MR) is 86.0 cm³/mol. The van der Waals surface area contributed by atoms with Crippen LogP contribution < -0.4 is 0 Å². The third kappa shape index (κ3) is 4.12. The van der Waals surface area contributed by atoms with Crippen molar-refractivity contribution in [2.24, 2.45) is 0 Å². The smallest absolute Gasteiger partial charge is 0.227 e. The van der Waals surface area contributed by atoms with E-state index in [0.29, 0.717) is 10.0 Å². The average molecular weight is 330 g/mol. The predicted octanol–water partition coefficient (Wildman–Crippen LogP) is 3.95. The normalized spacial score (nSPS) is 16.2. The zero-order chi connectivity index (χ0) is 15.4. The summed E-state index contributed by atoms with van der Waals surface area (Å²) in [5.74, 6) is 0.0982. The van der Waals surface area contributed by atoms with Gasteiger partial charge in [-0.2, -0.15) is 0 Å². The largest absolute Gasteiger partial charge is 0.381 e. The first-order valence-corrected chi connectivity index (χ1v) is 8.08. The molecule has 0 N–H and O–H groups in total. The van der Waals surface area contributed by atoms with E-state index in [4.69, 9.17) is 27.9 Å². The monoisotopic (exact) mass is 329 g/mol. The second kappa shape index (κ2) is 7.48. The number of hydrogen-bond acceptors (Lipinski definition) is 2. The number of carbonyl (C=O) groups is 1. The number of amides is 1. The van der Waals surface area contributed by atoms with E-state index in [2.05, 4.69) is 0 Å². The summed E-state index contributed by atoms with van der Waals surface area (Å²) in [6.07, 6.45) is 2.08. The van der Waals surface area contributed by atoms with Crippen molar-refractivity contribution in [2.75, 3.05) is 13.2 Å². The van der Waals surface area contributed by atoms with Gasteiger partial charge in [0.25, 0.3) is 0 Å². The summed E-state index contributed by atoms with van der Waals surface area (Å²) < 4.78 is 5.39. The zero-order valence-electron chi connectivity index (χ0n) is 12.4. The molecule has 0 aliphatic carbocycles. The molecule has 1 fully saturated rings. The molecule has 0 saturated carbocycles. The number of ether oxygens (including phenoxy) is 1. The van der Waals surface area contributed by atoms with E-state index in [1.165, 1.54) is 0 Å². The van der Waals surface area contributed by atoms with E-state index >= 15 is 0 Å². The maximum absolute atomic E-state index is 12.7. The molecule has 2 rings (SSSR count). The van der Waals surface area contributed by atoms with Gasteiger partial charge in [0.2, 0.25) is 5.91 Å². The fraction of sp³-hybridized carbons (Fsp3) is 0.562.